The summed E-state index contributed by atoms with van der Waals surface area (Å²) in [6, 6.07) is 0.759. The molecule has 11 heavy (non-hydrogen) atoms. The van der Waals surface area contributed by atoms with Crippen molar-refractivity contribution in [1.29, 1.82) is 0 Å². The van der Waals surface area contributed by atoms with Gasteiger partial charge in [-0.05, 0) is 6.07 Å². The molecule has 5 heteroatoms. The molecule has 62 valence electrons. The number of halogens is 4. The van der Waals surface area contributed by atoms with E-state index in [0.717, 1.165) is 12.3 Å². The quantitative estimate of drug-likeness (QED) is 0.652. The number of nitrogens with one attached hydrogen (secondary N) is 1. The van der Waals surface area contributed by atoms with E-state index in [1.807, 2.05) is 0 Å². The standard InChI is InChI=1S/C6H5F4N/c7-5(8)3-1-4(6(9)10)11-2-3/h1-2,5-6,11H. The Hall–Kier alpha value is -1.00. The van der Waals surface area contributed by atoms with Crippen LogP contribution in [-0.2, 0) is 0 Å². The Morgan fingerprint density at radius 2 is 1.73 bits per heavy atom. The van der Waals surface area contributed by atoms with E-state index < -0.39 is 24.1 Å². The second-order valence-corrected chi connectivity index (χ2v) is 1.99. The van der Waals surface area contributed by atoms with Gasteiger partial charge in [-0.15, -0.1) is 0 Å². The first-order valence-electron chi connectivity index (χ1n) is 2.85. The predicted molar refractivity (Wildman–Crippen MR) is 30.7 cm³/mol. The molecular weight excluding hydrogens is 162 g/mol. The van der Waals surface area contributed by atoms with Crippen LogP contribution in [0, 0.1) is 0 Å². The summed E-state index contributed by atoms with van der Waals surface area (Å²) in [4.78, 5) is 2.06. The third-order valence-corrected chi connectivity index (χ3v) is 1.21. The van der Waals surface area contributed by atoms with Crippen molar-refractivity contribution in [3.05, 3.63) is 23.5 Å². The van der Waals surface area contributed by atoms with Gasteiger partial charge in [0.1, 0.15) is 0 Å². The molecule has 0 amide bonds. The summed E-state index contributed by atoms with van der Waals surface area (Å²) in [5.41, 5.74) is -0.874. The van der Waals surface area contributed by atoms with Gasteiger partial charge in [-0.25, -0.2) is 17.6 Å². The van der Waals surface area contributed by atoms with Gasteiger partial charge >= 0.3 is 0 Å². The van der Waals surface area contributed by atoms with Crippen molar-refractivity contribution >= 4 is 0 Å². The van der Waals surface area contributed by atoms with Crippen molar-refractivity contribution in [1.82, 2.24) is 4.98 Å². The fraction of sp³-hybridized carbons (Fsp3) is 0.333. The normalized spacial score (nSPS) is 11.5. The molecule has 1 rings (SSSR count). The van der Waals surface area contributed by atoms with E-state index in [-0.39, 0.29) is 0 Å². The van der Waals surface area contributed by atoms with E-state index in [2.05, 4.69) is 4.98 Å². The maximum Gasteiger partial charge on any atom is 0.278 e. The van der Waals surface area contributed by atoms with Gasteiger partial charge in [-0.3, -0.25) is 0 Å². The molecule has 0 saturated heterocycles. The van der Waals surface area contributed by atoms with Crippen LogP contribution < -0.4 is 0 Å². The van der Waals surface area contributed by atoms with Crippen molar-refractivity contribution < 1.29 is 17.6 Å². The minimum absolute atomic E-state index is 0.403. The first-order chi connectivity index (χ1) is 5.11. The molecule has 0 spiro atoms. The Morgan fingerprint density at radius 1 is 1.09 bits per heavy atom. The van der Waals surface area contributed by atoms with Crippen LogP contribution in [-0.4, -0.2) is 4.98 Å². The summed E-state index contributed by atoms with van der Waals surface area (Å²) < 4.78 is 47.1. The van der Waals surface area contributed by atoms with Crippen molar-refractivity contribution in [3.8, 4) is 0 Å². The molecule has 0 atom stereocenters. The number of H-pyrrole nitrogens is 1. The third kappa shape index (κ3) is 1.72. The van der Waals surface area contributed by atoms with Crippen molar-refractivity contribution in [3.63, 3.8) is 0 Å². The molecular formula is C6H5F4N. The zero-order valence-corrected chi connectivity index (χ0v) is 5.32. The maximum absolute atomic E-state index is 11.8. The number of alkyl halides is 4. The Labute approximate surface area is 60.0 Å². The molecule has 1 heterocycles. The molecule has 1 aromatic heterocycles. The molecule has 0 saturated carbocycles. The number of rotatable bonds is 2. The average Bonchev–Trinajstić information content (AvgIpc) is 2.33. The van der Waals surface area contributed by atoms with Gasteiger partial charge in [0.2, 0.25) is 0 Å². The van der Waals surface area contributed by atoms with Crippen LogP contribution in [0.2, 0.25) is 0 Å². The Bertz CT molecular complexity index is 208. The lowest BCUT2D eigenvalue weighted by atomic mass is 10.3. The molecule has 0 bridgehead atoms. The Balaban J connectivity index is 2.82. The second kappa shape index (κ2) is 2.94. The number of aromatic amines is 1. The third-order valence-electron chi connectivity index (χ3n) is 1.21. The fourth-order valence-corrected chi connectivity index (χ4v) is 0.682. The van der Waals surface area contributed by atoms with Crippen LogP contribution in [0.5, 0.6) is 0 Å². The molecule has 1 N–H and O–H groups in total. The van der Waals surface area contributed by atoms with Crippen LogP contribution >= 0.6 is 0 Å². The van der Waals surface area contributed by atoms with E-state index in [0.29, 0.717) is 0 Å². The monoisotopic (exact) mass is 167 g/mol. The van der Waals surface area contributed by atoms with Crippen LogP contribution in [0.1, 0.15) is 24.1 Å². The lowest BCUT2D eigenvalue weighted by Gasteiger charge is -1.91. The van der Waals surface area contributed by atoms with E-state index in [4.69, 9.17) is 0 Å². The highest BCUT2D eigenvalue weighted by atomic mass is 19.3. The molecule has 0 unspecified atom stereocenters. The van der Waals surface area contributed by atoms with E-state index >= 15 is 0 Å². The molecule has 0 radical (unpaired) electrons. The van der Waals surface area contributed by atoms with Gasteiger partial charge < -0.3 is 4.98 Å². The predicted octanol–water partition coefficient (Wildman–Crippen LogP) is 2.89. The summed E-state index contributed by atoms with van der Waals surface area (Å²) in [6.45, 7) is 0. The van der Waals surface area contributed by atoms with Gasteiger partial charge in [0, 0.05) is 11.8 Å². The minimum atomic E-state index is -2.72. The van der Waals surface area contributed by atoms with Crippen molar-refractivity contribution in [2.45, 2.75) is 12.9 Å². The van der Waals surface area contributed by atoms with E-state index in [1.54, 1.807) is 0 Å². The van der Waals surface area contributed by atoms with E-state index in [9.17, 15) is 17.6 Å². The van der Waals surface area contributed by atoms with Crippen LogP contribution in [0.15, 0.2) is 12.3 Å². The van der Waals surface area contributed by atoms with Gasteiger partial charge in [-0.1, -0.05) is 0 Å². The second-order valence-electron chi connectivity index (χ2n) is 1.99. The van der Waals surface area contributed by atoms with Gasteiger partial charge in [0.15, 0.2) is 0 Å². The first kappa shape index (κ1) is 8.10. The molecule has 0 aromatic carbocycles. The zero-order chi connectivity index (χ0) is 8.43. The Kier molecular flexibility index (Phi) is 2.16. The number of aromatic nitrogens is 1. The summed E-state index contributed by atoms with van der Waals surface area (Å²) in [5, 5.41) is 0. The first-order valence-corrected chi connectivity index (χ1v) is 2.85. The van der Waals surface area contributed by atoms with Gasteiger partial charge in [-0.2, -0.15) is 0 Å². The molecule has 0 aliphatic heterocycles. The number of hydrogen-bond acceptors (Lipinski definition) is 0. The summed E-state index contributed by atoms with van der Waals surface area (Å²) >= 11 is 0. The number of hydrogen-bond donors (Lipinski definition) is 1. The largest absolute Gasteiger partial charge is 0.360 e. The SMILES string of the molecule is FC(F)c1c[nH]c(C(F)F)c1. The highest BCUT2D eigenvalue weighted by Crippen LogP contribution is 2.24. The highest BCUT2D eigenvalue weighted by molar-refractivity contribution is 5.18. The van der Waals surface area contributed by atoms with Crippen molar-refractivity contribution in [2.75, 3.05) is 0 Å². The van der Waals surface area contributed by atoms with Crippen LogP contribution in [0.25, 0.3) is 0 Å². The lowest BCUT2D eigenvalue weighted by molar-refractivity contribution is 0.144. The Morgan fingerprint density at radius 3 is 2.00 bits per heavy atom. The summed E-state index contributed by atoms with van der Waals surface area (Å²) in [6.07, 6.45) is -4.53. The molecule has 1 aromatic rings. The summed E-state index contributed by atoms with van der Waals surface area (Å²) in [5.74, 6) is 0. The van der Waals surface area contributed by atoms with Gasteiger partial charge in [0.05, 0.1) is 5.69 Å². The molecule has 0 aliphatic rings. The zero-order valence-electron chi connectivity index (χ0n) is 5.32. The fourth-order valence-electron chi connectivity index (χ4n) is 0.682. The molecule has 0 fully saturated rings. The smallest absolute Gasteiger partial charge is 0.278 e. The van der Waals surface area contributed by atoms with Crippen LogP contribution in [0.4, 0.5) is 17.6 Å². The average molecular weight is 167 g/mol. The van der Waals surface area contributed by atoms with Crippen LogP contribution in [0.3, 0.4) is 0 Å². The minimum Gasteiger partial charge on any atom is -0.360 e. The van der Waals surface area contributed by atoms with E-state index in [1.165, 1.54) is 0 Å². The summed E-state index contributed by atoms with van der Waals surface area (Å²) in [7, 11) is 0. The molecule has 0 aliphatic carbocycles. The molecule has 1 nitrogen and oxygen atoms in total. The lowest BCUT2D eigenvalue weighted by Crippen LogP contribution is -1.81. The maximum atomic E-state index is 11.8. The van der Waals surface area contributed by atoms with Crippen molar-refractivity contribution in [2.24, 2.45) is 0 Å². The topological polar surface area (TPSA) is 15.8 Å². The highest BCUT2D eigenvalue weighted by Gasteiger charge is 2.14. The van der Waals surface area contributed by atoms with Gasteiger partial charge in [0.25, 0.3) is 12.9 Å².